The zero-order valence-electron chi connectivity index (χ0n) is 9.19. The van der Waals surface area contributed by atoms with Crippen molar-refractivity contribution < 1.29 is 14.0 Å². The molecule has 90 valence electrons. The number of Topliss-reactive ketones (excluding diaryl/α,β-unsaturated/α-hetero) is 2. The van der Waals surface area contributed by atoms with Crippen molar-refractivity contribution in [2.24, 2.45) is 0 Å². The molecule has 0 bridgehead atoms. The maximum atomic E-state index is 12.7. The summed E-state index contributed by atoms with van der Waals surface area (Å²) in [4.78, 5) is 23.7. The number of benzene rings is 2. The van der Waals surface area contributed by atoms with Crippen molar-refractivity contribution in [3.63, 3.8) is 0 Å². The van der Waals surface area contributed by atoms with Gasteiger partial charge in [-0.05, 0) is 48.5 Å². The van der Waals surface area contributed by atoms with Crippen LogP contribution in [0.15, 0.2) is 53.0 Å². The van der Waals surface area contributed by atoms with E-state index in [0.717, 1.165) is 16.6 Å². The Labute approximate surface area is 112 Å². The summed E-state index contributed by atoms with van der Waals surface area (Å²) in [7, 11) is 0. The van der Waals surface area contributed by atoms with Gasteiger partial charge < -0.3 is 0 Å². The zero-order valence-corrected chi connectivity index (χ0v) is 10.8. The molecule has 0 fully saturated rings. The molecule has 18 heavy (non-hydrogen) atoms. The van der Waals surface area contributed by atoms with E-state index in [1.807, 2.05) is 0 Å². The molecule has 2 nitrogen and oxygen atoms in total. The van der Waals surface area contributed by atoms with Crippen molar-refractivity contribution in [3.8, 4) is 0 Å². The van der Waals surface area contributed by atoms with Gasteiger partial charge in [0.15, 0.2) is 0 Å². The van der Waals surface area contributed by atoms with Crippen molar-refractivity contribution in [1.29, 1.82) is 0 Å². The third-order valence-electron chi connectivity index (χ3n) is 2.42. The summed E-state index contributed by atoms with van der Waals surface area (Å²) in [5.74, 6) is -1.69. The highest BCUT2D eigenvalue weighted by Crippen LogP contribution is 2.13. The highest BCUT2D eigenvalue weighted by Gasteiger charge is 2.17. The predicted molar refractivity (Wildman–Crippen MR) is 69.2 cm³/mol. The lowest BCUT2D eigenvalue weighted by Crippen LogP contribution is -2.14. The SMILES string of the molecule is O=C(C(=O)c1ccc(Br)cc1)c1ccc(F)cc1. The van der Waals surface area contributed by atoms with Crippen molar-refractivity contribution >= 4 is 27.5 Å². The molecular formula is C14H8BrFO2. The molecule has 0 radical (unpaired) electrons. The van der Waals surface area contributed by atoms with Crippen LogP contribution in [0.4, 0.5) is 4.39 Å². The molecule has 0 N–H and O–H groups in total. The second-order valence-electron chi connectivity index (χ2n) is 3.67. The Morgan fingerprint density at radius 1 is 0.778 bits per heavy atom. The molecule has 0 amide bonds. The van der Waals surface area contributed by atoms with Gasteiger partial charge in [0, 0.05) is 15.6 Å². The Morgan fingerprint density at radius 3 is 1.61 bits per heavy atom. The van der Waals surface area contributed by atoms with Gasteiger partial charge in [0.1, 0.15) is 5.82 Å². The fourth-order valence-corrected chi connectivity index (χ4v) is 1.73. The summed E-state index contributed by atoms with van der Waals surface area (Å²) in [6.45, 7) is 0. The summed E-state index contributed by atoms with van der Waals surface area (Å²) in [6.07, 6.45) is 0. The Hall–Kier alpha value is -1.81. The van der Waals surface area contributed by atoms with Gasteiger partial charge in [-0.3, -0.25) is 9.59 Å². The van der Waals surface area contributed by atoms with E-state index < -0.39 is 17.4 Å². The molecular weight excluding hydrogens is 299 g/mol. The molecule has 0 aliphatic rings. The third-order valence-corrected chi connectivity index (χ3v) is 2.95. The lowest BCUT2D eigenvalue weighted by Gasteiger charge is -2.01. The number of halogens is 2. The second kappa shape index (κ2) is 5.23. The van der Waals surface area contributed by atoms with E-state index in [4.69, 9.17) is 0 Å². The molecule has 2 aromatic rings. The first-order valence-corrected chi connectivity index (χ1v) is 5.97. The van der Waals surface area contributed by atoms with E-state index in [9.17, 15) is 14.0 Å². The fraction of sp³-hybridized carbons (Fsp3) is 0. The third kappa shape index (κ3) is 2.71. The smallest absolute Gasteiger partial charge is 0.233 e. The van der Waals surface area contributed by atoms with E-state index in [0.29, 0.717) is 5.56 Å². The fourth-order valence-electron chi connectivity index (χ4n) is 1.46. The minimum absolute atomic E-state index is 0.185. The average molecular weight is 307 g/mol. The van der Waals surface area contributed by atoms with Gasteiger partial charge in [-0.15, -0.1) is 0 Å². The summed E-state index contributed by atoms with van der Waals surface area (Å²) < 4.78 is 13.5. The molecule has 2 rings (SSSR count). The number of carbonyl (C=O) groups is 2. The maximum absolute atomic E-state index is 12.7. The van der Waals surface area contributed by atoms with Crippen LogP contribution in [0, 0.1) is 5.82 Å². The largest absolute Gasteiger partial charge is 0.285 e. The van der Waals surface area contributed by atoms with Crippen molar-refractivity contribution in [2.45, 2.75) is 0 Å². The summed E-state index contributed by atoms with van der Waals surface area (Å²) in [5, 5.41) is 0. The predicted octanol–water partition coefficient (Wildman–Crippen LogP) is 3.65. The van der Waals surface area contributed by atoms with E-state index in [2.05, 4.69) is 15.9 Å². The minimum atomic E-state index is -0.641. The highest BCUT2D eigenvalue weighted by molar-refractivity contribution is 9.10. The number of carbonyl (C=O) groups excluding carboxylic acids is 2. The molecule has 2 aromatic carbocycles. The molecule has 0 aromatic heterocycles. The monoisotopic (exact) mass is 306 g/mol. The van der Waals surface area contributed by atoms with Gasteiger partial charge in [0.05, 0.1) is 0 Å². The first-order valence-electron chi connectivity index (χ1n) is 5.18. The lowest BCUT2D eigenvalue weighted by molar-refractivity contribution is 0.0817. The van der Waals surface area contributed by atoms with Crippen LogP contribution in [0.1, 0.15) is 20.7 Å². The average Bonchev–Trinajstić information content (AvgIpc) is 2.39. The summed E-state index contributed by atoms with van der Waals surface area (Å²) in [6, 6.07) is 11.4. The quantitative estimate of drug-likeness (QED) is 0.640. The van der Waals surface area contributed by atoms with E-state index in [1.165, 1.54) is 12.1 Å². The molecule has 4 heteroatoms. The van der Waals surface area contributed by atoms with Crippen molar-refractivity contribution in [3.05, 3.63) is 69.9 Å². The van der Waals surface area contributed by atoms with E-state index in [-0.39, 0.29) is 5.56 Å². The Kier molecular flexibility index (Phi) is 3.67. The Balaban J connectivity index is 2.26. The van der Waals surface area contributed by atoms with Crippen LogP contribution in [0.5, 0.6) is 0 Å². The Bertz CT molecular complexity index is 533. The van der Waals surface area contributed by atoms with Crippen LogP contribution in [0.2, 0.25) is 0 Å². The van der Waals surface area contributed by atoms with Gasteiger partial charge in [-0.25, -0.2) is 4.39 Å². The van der Waals surface area contributed by atoms with Crippen LogP contribution in [-0.4, -0.2) is 11.6 Å². The van der Waals surface area contributed by atoms with Crippen LogP contribution in [-0.2, 0) is 0 Å². The molecule has 0 saturated heterocycles. The topological polar surface area (TPSA) is 34.1 Å². The molecule has 0 aliphatic heterocycles. The molecule has 0 spiro atoms. The zero-order chi connectivity index (χ0) is 13.1. The van der Waals surface area contributed by atoms with Crippen molar-refractivity contribution in [2.75, 3.05) is 0 Å². The normalized spacial score (nSPS) is 10.1. The van der Waals surface area contributed by atoms with Gasteiger partial charge in [0.25, 0.3) is 0 Å². The lowest BCUT2D eigenvalue weighted by atomic mass is 10.0. The minimum Gasteiger partial charge on any atom is -0.285 e. The summed E-state index contributed by atoms with van der Waals surface area (Å²) >= 11 is 3.25. The number of hydrogen-bond acceptors (Lipinski definition) is 2. The van der Waals surface area contributed by atoms with Gasteiger partial charge in [-0.1, -0.05) is 15.9 Å². The summed E-state index contributed by atoms with van der Waals surface area (Å²) in [5.41, 5.74) is 0.497. The van der Waals surface area contributed by atoms with Gasteiger partial charge >= 0.3 is 0 Å². The standard InChI is InChI=1S/C14H8BrFO2/c15-11-5-1-9(2-6-11)13(17)14(18)10-3-7-12(16)8-4-10/h1-8H. The number of rotatable bonds is 3. The molecule has 0 saturated carbocycles. The van der Waals surface area contributed by atoms with E-state index >= 15 is 0 Å². The molecule has 0 aliphatic carbocycles. The molecule has 0 unspecified atom stereocenters. The first kappa shape index (κ1) is 12.6. The maximum Gasteiger partial charge on any atom is 0.233 e. The van der Waals surface area contributed by atoms with Crippen molar-refractivity contribution in [1.82, 2.24) is 0 Å². The Morgan fingerprint density at radius 2 is 1.17 bits per heavy atom. The van der Waals surface area contributed by atoms with Gasteiger partial charge in [-0.2, -0.15) is 0 Å². The van der Waals surface area contributed by atoms with Crippen LogP contribution >= 0.6 is 15.9 Å². The van der Waals surface area contributed by atoms with Gasteiger partial charge in [0.2, 0.25) is 11.6 Å². The number of ketones is 2. The van der Waals surface area contributed by atoms with Crippen LogP contribution in [0.3, 0.4) is 0 Å². The highest BCUT2D eigenvalue weighted by atomic mass is 79.9. The van der Waals surface area contributed by atoms with Crippen LogP contribution < -0.4 is 0 Å². The number of hydrogen-bond donors (Lipinski definition) is 0. The molecule has 0 atom stereocenters. The molecule has 0 heterocycles. The van der Waals surface area contributed by atoms with Crippen LogP contribution in [0.25, 0.3) is 0 Å². The second-order valence-corrected chi connectivity index (χ2v) is 4.59. The van der Waals surface area contributed by atoms with E-state index in [1.54, 1.807) is 24.3 Å². The first-order chi connectivity index (χ1) is 8.58.